The first-order chi connectivity index (χ1) is 62.7. The Balaban J connectivity index is 2.16. The summed E-state index contributed by atoms with van der Waals surface area (Å²) in [6.45, 7) is 34.9. The Hall–Kier alpha value is -12.2. The summed E-state index contributed by atoms with van der Waals surface area (Å²) < 4.78 is 0. The molecule has 0 aromatic heterocycles. The van der Waals surface area contributed by atoms with Crippen molar-refractivity contribution in [2.75, 3.05) is 19.7 Å². The molecule has 2 fully saturated rings. The van der Waals surface area contributed by atoms with Crippen LogP contribution in [0.3, 0.4) is 0 Å². The number of primary amides is 3. The first kappa shape index (κ1) is 121. The fourth-order valence-corrected chi connectivity index (χ4v) is 14.5. The highest BCUT2D eigenvalue weighted by atomic mass is 16.3. The number of hydrogen-bond acceptors (Lipinski definition) is 24. The molecule has 0 bridgehead atoms. The molecule has 2 rings (SSSR count). The highest BCUT2D eigenvalue weighted by Gasteiger charge is 2.48. The van der Waals surface area contributed by atoms with Crippen molar-refractivity contribution >= 4 is 136 Å². The molecule has 0 aromatic rings. The zero-order chi connectivity index (χ0) is 106. The van der Waals surface area contributed by atoms with E-state index < -0.39 is 291 Å². The van der Waals surface area contributed by atoms with E-state index >= 15 is 0 Å². The molecule has 1 saturated heterocycles. The first-order valence-corrected chi connectivity index (χ1v) is 46.3. The molecule has 0 aromatic carbocycles. The molecule has 47 heteroatoms. The third-order valence-electron chi connectivity index (χ3n) is 23.2. The maximum absolute atomic E-state index is 14.6. The van der Waals surface area contributed by atoms with Gasteiger partial charge in [-0.15, -0.1) is 0 Å². The van der Waals surface area contributed by atoms with Gasteiger partial charge < -0.3 is 128 Å². The predicted molar refractivity (Wildman–Crippen MR) is 500 cm³/mol. The van der Waals surface area contributed by atoms with E-state index in [0.717, 1.165) is 32.1 Å². The van der Waals surface area contributed by atoms with Gasteiger partial charge in [0.05, 0.1) is 19.2 Å². The number of nitrogens with one attached hydrogen (secondary N) is 19. The monoisotopic (exact) mass is 1940 g/mol. The third-order valence-corrected chi connectivity index (χ3v) is 23.2. The molecule has 47 nitrogen and oxygen atoms in total. The summed E-state index contributed by atoms with van der Waals surface area (Å²) in [4.78, 5) is 312. The Labute approximate surface area is 801 Å². The molecule has 0 radical (unpaired) electrons. The number of likely N-dealkylation sites (tertiary alicyclic amines) is 1. The van der Waals surface area contributed by atoms with Gasteiger partial charge in [-0.3, -0.25) is 110 Å². The second-order valence-electron chi connectivity index (χ2n) is 41.0. The van der Waals surface area contributed by atoms with Crippen molar-refractivity contribution in [2.24, 2.45) is 40.9 Å². The zero-order valence-corrected chi connectivity index (χ0v) is 84.4. The Kier molecular flexibility index (Phi) is 45.7. The topological polar surface area (TPSA) is 723 Å². The highest BCUT2D eigenvalue weighted by Crippen LogP contribution is 2.29. The second kappa shape index (κ2) is 51.8. The van der Waals surface area contributed by atoms with Gasteiger partial charge in [0, 0.05) is 32.7 Å². The fourth-order valence-electron chi connectivity index (χ4n) is 14.5. The van der Waals surface area contributed by atoms with Crippen LogP contribution in [0.15, 0.2) is 0 Å². The molecule has 0 unspecified atom stereocenters. The maximum Gasteiger partial charge on any atom is 0.248 e. The normalized spacial score (nSPS) is 16.2. The lowest BCUT2D eigenvalue weighted by atomic mass is 9.85. The average Bonchev–Trinajstić information content (AvgIpc) is 1.77. The largest absolute Gasteiger partial charge is 0.394 e. The van der Waals surface area contributed by atoms with Crippen molar-refractivity contribution in [2.45, 2.75) is 387 Å². The van der Waals surface area contributed by atoms with Gasteiger partial charge in [-0.05, 0) is 200 Å². The summed E-state index contributed by atoms with van der Waals surface area (Å²) in [6.07, 6.45) is 3.53. The van der Waals surface area contributed by atoms with Gasteiger partial charge in [0.2, 0.25) is 136 Å². The van der Waals surface area contributed by atoms with E-state index in [2.05, 4.69) is 101 Å². The van der Waals surface area contributed by atoms with Gasteiger partial charge in [-0.25, -0.2) is 0 Å². The Morgan fingerprint density at radius 3 is 1.12 bits per heavy atom. The molecular formula is C90H155N23O24. The Morgan fingerprint density at radius 1 is 0.343 bits per heavy atom. The van der Waals surface area contributed by atoms with E-state index in [1.807, 2.05) is 0 Å². The zero-order valence-electron chi connectivity index (χ0n) is 84.4. The lowest BCUT2D eigenvalue weighted by Gasteiger charge is -2.36. The number of nitrogens with two attached hydrogens (primary N) is 3. The van der Waals surface area contributed by atoms with Crippen LogP contribution in [0.2, 0.25) is 0 Å². The van der Waals surface area contributed by atoms with E-state index in [0.29, 0.717) is 12.8 Å². The summed E-state index contributed by atoms with van der Waals surface area (Å²) >= 11 is 0. The standard InChI is InChI=1S/C90H155N23O24/c1-45(2)41-57(71(126)109-90(25,26)82(137)113-40-30-33-58(113)72(127)103-63(46(3)4)73(128)111-89(23,24)81(136)112-88(21,22)79(134)102-55(35-38-60(92)117)69(124)101-54(34-37-59(91)116)68(123)98-53(44-114)42-52-31-28-27-29-32-52)99-62(119)43-94-75(130)83(11,12)110-74(129)64(47(5)6)104-80(135)87(19,20)108-70(125)56(36-39-61(93)118)100-65(120)48(7)95-77(132)85(15,16)106-67(122)50(9)97-78(133)86(17,18)107-66(121)49(8)96-76(131)84(13,14)105-51(10)115/h45-50,52-58,63-64,114H,27-44H2,1-26H3,(H2,91,116)(H2,92,117)(H2,93,118)(H,94,130)(H,95,132)(H,96,131)(H,97,133)(H,98,123)(H,99,119)(H,100,120)(H,101,124)(H,102,134)(H,103,127)(H,104,135)(H,105,115)(H,106,122)(H,107,121)(H,108,125)(H,109,126)(H,110,129)(H,111,128)(H,112,136)/t48-,49-,50-,53-,54-,55-,56-,57-,58-,63-,64-/m0/s1. The van der Waals surface area contributed by atoms with Crippen molar-refractivity contribution in [1.29, 1.82) is 0 Å². The van der Waals surface area contributed by atoms with E-state index in [1.54, 1.807) is 41.5 Å². The predicted octanol–water partition coefficient (Wildman–Crippen LogP) is -4.70. The first-order valence-electron chi connectivity index (χ1n) is 46.3. The lowest BCUT2D eigenvalue weighted by molar-refractivity contribution is -0.146. The van der Waals surface area contributed by atoms with Crippen LogP contribution in [0.5, 0.6) is 0 Å². The highest BCUT2D eigenvalue weighted by molar-refractivity contribution is 6.04. The van der Waals surface area contributed by atoms with Crippen molar-refractivity contribution in [3.8, 4) is 0 Å². The number of amides is 23. The van der Waals surface area contributed by atoms with Crippen LogP contribution in [0.1, 0.15) is 276 Å². The Bertz CT molecular complexity index is 4420. The maximum atomic E-state index is 14.6. The van der Waals surface area contributed by atoms with Crippen LogP contribution in [0, 0.1) is 23.7 Å². The smallest absolute Gasteiger partial charge is 0.248 e. The van der Waals surface area contributed by atoms with Crippen LogP contribution in [-0.2, 0) is 110 Å². The van der Waals surface area contributed by atoms with Gasteiger partial charge >= 0.3 is 0 Å². The van der Waals surface area contributed by atoms with Crippen LogP contribution in [-0.4, -0.2) is 276 Å². The molecule has 1 heterocycles. The Morgan fingerprint density at radius 2 is 0.693 bits per heavy atom. The number of hydrogen-bond donors (Lipinski definition) is 23. The second-order valence-corrected chi connectivity index (χ2v) is 41.0. The molecule has 2 aliphatic rings. The number of aliphatic hydroxyl groups excluding tert-OH is 1. The molecule has 0 spiro atoms. The van der Waals surface area contributed by atoms with Crippen molar-refractivity contribution in [3.05, 3.63) is 0 Å². The van der Waals surface area contributed by atoms with E-state index in [9.17, 15) is 115 Å². The minimum atomic E-state index is -1.91. The van der Waals surface area contributed by atoms with Crippen LogP contribution in [0.4, 0.5) is 0 Å². The lowest BCUT2D eigenvalue weighted by Crippen LogP contribution is -2.66. The summed E-state index contributed by atoms with van der Waals surface area (Å²) in [5, 5.41) is 58.3. The SMILES string of the molecule is CC(=O)NC(C)(C)C(=O)N[C@@H](C)C(=O)NC(C)(C)C(=O)N[C@@H](C)C(=O)NC(C)(C)C(=O)N[C@@H](C)C(=O)N[C@@H](CCC(N)=O)C(=O)NC(C)(C)C(=O)N[C@H](C(=O)NC(C)(C)C(=O)NCC(=O)N[C@@H](CC(C)C)C(=O)NC(C)(C)C(=O)N1CCC[C@H]1C(=O)N[C@H](C(=O)NC(C)(C)C(=O)NC(C)(C)C(=O)N[C@@H](CCC(N)=O)C(=O)N[C@@H](CCC(N)=O)C(=O)N[C@H](CO)CC1CCCCC1)C(C)C)C(C)C. The summed E-state index contributed by atoms with van der Waals surface area (Å²) in [6, 6.07) is -14.5. The molecule has 1 aliphatic heterocycles. The van der Waals surface area contributed by atoms with Gasteiger partial charge in [0.1, 0.15) is 105 Å². The number of carbonyl (C=O) groups is 23. The number of nitrogens with zero attached hydrogens (tertiary/aromatic N) is 1. The molecular weight excluding hydrogens is 1790 g/mol. The van der Waals surface area contributed by atoms with E-state index in [-0.39, 0.29) is 50.5 Å². The third kappa shape index (κ3) is 39.4. The van der Waals surface area contributed by atoms with Crippen LogP contribution < -0.4 is 118 Å². The average molecular weight is 1940 g/mol. The van der Waals surface area contributed by atoms with Crippen molar-refractivity contribution < 1.29 is 115 Å². The molecule has 1 aliphatic carbocycles. The summed E-state index contributed by atoms with van der Waals surface area (Å²) in [5.74, 6) is -20.9. The van der Waals surface area contributed by atoms with E-state index in [4.69, 9.17) is 17.2 Å². The van der Waals surface area contributed by atoms with Crippen molar-refractivity contribution in [1.82, 2.24) is 106 Å². The van der Waals surface area contributed by atoms with Gasteiger partial charge in [0.25, 0.3) is 0 Å². The minimum absolute atomic E-state index is 0.00951. The molecule has 774 valence electrons. The molecule has 11 atom stereocenters. The minimum Gasteiger partial charge on any atom is -0.394 e. The van der Waals surface area contributed by atoms with Gasteiger partial charge in [0.15, 0.2) is 0 Å². The van der Waals surface area contributed by atoms with Crippen molar-refractivity contribution in [3.63, 3.8) is 0 Å². The van der Waals surface area contributed by atoms with Gasteiger partial charge in [-0.1, -0.05) is 73.6 Å². The van der Waals surface area contributed by atoms with Crippen LogP contribution >= 0.6 is 0 Å². The van der Waals surface area contributed by atoms with E-state index in [1.165, 1.54) is 143 Å². The molecule has 137 heavy (non-hydrogen) atoms. The summed E-state index contributed by atoms with van der Waals surface area (Å²) in [5.41, 5.74) is 2.22. The fraction of sp³-hybridized carbons (Fsp3) is 0.744. The van der Waals surface area contributed by atoms with Crippen LogP contribution in [0.25, 0.3) is 0 Å². The molecule has 26 N–H and O–H groups in total. The number of aliphatic hydroxyl groups is 1. The number of rotatable bonds is 54. The quantitative estimate of drug-likeness (QED) is 0.0272. The molecule has 23 amide bonds. The molecule has 1 saturated carbocycles. The summed E-state index contributed by atoms with van der Waals surface area (Å²) in [7, 11) is 0. The number of carbonyl (C=O) groups excluding carboxylic acids is 23. The van der Waals surface area contributed by atoms with Gasteiger partial charge in [-0.2, -0.15) is 0 Å².